The van der Waals surface area contributed by atoms with Gasteiger partial charge in [-0.25, -0.2) is 22.4 Å². The zero-order valence-electron chi connectivity index (χ0n) is 23.7. The van der Waals surface area contributed by atoms with Gasteiger partial charge in [-0.05, 0) is 31.9 Å². The summed E-state index contributed by atoms with van der Waals surface area (Å²) < 4.78 is 34.2. The minimum Gasteiger partial charge on any atom is -0.354 e. The second-order valence-corrected chi connectivity index (χ2v) is 12.0. The lowest BCUT2D eigenvalue weighted by Crippen LogP contribution is -2.62. The number of hydrogen-bond acceptors (Lipinski definition) is 6. The van der Waals surface area contributed by atoms with Crippen molar-refractivity contribution in [2.75, 3.05) is 18.8 Å². The topological polar surface area (TPSA) is 118 Å². The van der Waals surface area contributed by atoms with Gasteiger partial charge in [0.05, 0.1) is 24.1 Å². The van der Waals surface area contributed by atoms with Crippen molar-refractivity contribution in [2.24, 2.45) is 5.92 Å². The Morgan fingerprint density at radius 2 is 1.69 bits per heavy atom. The lowest BCUT2D eigenvalue weighted by Gasteiger charge is -2.40. The molecule has 1 heterocycles. The first-order valence-corrected chi connectivity index (χ1v) is 14.6. The van der Waals surface area contributed by atoms with Crippen LogP contribution in [0.2, 0.25) is 0 Å². The largest absolute Gasteiger partial charge is 0.354 e. The molecule has 1 aromatic heterocycles. The fourth-order valence-electron chi connectivity index (χ4n) is 4.97. The Labute approximate surface area is 231 Å². The van der Waals surface area contributed by atoms with Crippen molar-refractivity contribution in [1.82, 2.24) is 10.5 Å². The summed E-state index contributed by atoms with van der Waals surface area (Å²) in [6.07, 6.45) is 1.06. The van der Waals surface area contributed by atoms with Crippen LogP contribution in [0.1, 0.15) is 50.4 Å². The van der Waals surface area contributed by atoms with Crippen molar-refractivity contribution < 1.29 is 27.0 Å². The summed E-state index contributed by atoms with van der Waals surface area (Å²) in [5, 5.41) is 6.55. The van der Waals surface area contributed by atoms with Crippen LogP contribution >= 0.6 is 0 Å². The molecule has 0 spiro atoms. The molecule has 0 bridgehead atoms. The summed E-state index contributed by atoms with van der Waals surface area (Å²) in [5.41, 5.74) is 3.32. The summed E-state index contributed by atoms with van der Waals surface area (Å²) in [4.78, 5) is 26.3. The predicted molar refractivity (Wildman–Crippen MR) is 151 cm³/mol. The molecule has 10 heteroatoms. The van der Waals surface area contributed by atoms with Crippen LogP contribution < -0.4 is 10.0 Å². The molecule has 2 atom stereocenters. The summed E-state index contributed by atoms with van der Waals surface area (Å²) >= 11 is 0. The third-order valence-electron chi connectivity index (χ3n) is 7.13. The molecule has 0 saturated carbocycles. The average Bonchev–Trinajstić information content (AvgIpc) is 3.20. The smallest absolute Gasteiger partial charge is 0.314 e. The molecule has 2 aromatic carbocycles. The Balaban J connectivity index is 1.97. The van der Waals surface area contributed by atoms with Gasteiger partial charge in [0, 0.05) is 29.7 Å². The van der Waals surface area contributed by atoms with E-state index in [4.69, 9.17) is 4.52 Å². The highest BCUT2D eigenvalue weighted by Gasteiger charge is 2.45. The Bertz CT molecular complexity index is 1430. The molecule has 0 radical (unpaired) electrons. The van der Waals surface area contributed by atoms with Gasteiger partial charge in [-0.1, -0.05) is 68.4 Å². The number of carbonyl (C=O) groups excluding carboxylic acids is 2. The Hall–Kier alpha value is -3.50. The zero-order valence-corrected chi connectivity index (χ0v) is 24.6. The van der Waals surface area contributed by atoms with E-state index in [0.29, 0.717) is 41.8 Å². The fraction of sp³-hybridized carbons (Fsp3) is 0.414. The molecule has 210 valence electrons. The van der Waals surface area contributed by atoms with Crippen LogP contribution in [-0.2, 0) is 26.2 Å². The number of aryl methyl sites for hydroxylation is 1. The Morgan fingerprint density at radius 1 is 1.05 bits per heavy atom. The highest BCUT2D eigenvalue weighted by Crippen LogP contribution is 2.31. The first-order valence-electron chi connectivity index (χ1n) is 13.1. The number of nitrogens with one attached hydrogen (secondary N) is 2. The van der Waals surface area contributed by atoms with E-state index in [2.05, 4.69) is 15.2 Å². The number of quaternary nitrogens is 1. The number of amides is 2. The number of sulfonamides is 1. The maximum absolute atomic E-state index is 13.4. The van der Waals surface area contributed by atoms with Crippen molar-refractivity contribution in [2.45, 2.75) is 64.9 Å². The van der Waals surface area contributed by atoms with Crippen molar-refractivity contribution >= 4 is 27.7 Å². The maximum atomic E-state index is 13.4. The van der Waals surface area contributed by atoms with Crippen LogP contribution in [0.5, 0.6) is 0 Å². The quantitative estimate of drug-likeness (QED) is 0.328. The van der Waals surface area contributed by atoms with Gasteiger partial charge in [0.15, 0.2) is 6.04 Å². The average molecular weight is 556 g/mol. The van der Waals surface area contributed by atoms with Crippen molar-refractivity contribution in [3.63, 3.8) is 0 Å². The van der Waals surface area contributed by atoms with Crippen molar-refractivity contribution in [1.29, 1.82) is 0 Å². The van der Waals surface area contributed by atoms with E-state index in [9.17, 15) is 18.0 Å². The first-order chi connectivity index (χ1) is 18.4. The van der Waals surface area contributed by atoms with Gasteiger partial charge in [-0.15, -0.1) is 0 Å². The number of aromatic nitrogens is 1. The normalized spacial score (nSPS) is 14.1. The fourth-order valence-corrected chi connectivity index (χ4v) is 6.25. The summed E-state index contributed by atoms with van der Waals surface area (Å²) in [6, 6.07) is 13.6. The molecule has 9 nitrogen and oxygen atoms in total. The lowest BCUT2D eigenvalue weighted by atomic mass is 9.96. The van der Waals surface area contributed by atoms with Crippen LogP contribution in [0, 0.1) is 19.8 Å². The molecule has 0 aliphatic carbocycles. The standard InChI is InChI=1S/C29H38N4O5S/c1-8-11-26(34)33(7,27(19(2)3)28(35)30-6)18-22-14-16-23(17-15-22)24-12-9-10-13-25(24)39(36,37)32-29-20(4)21(5)31-38-29/h9-10,12-17,19,27H,8,11,18H2,1-7H3,(H-,30,31,32,35)/p+1/t27-,33?/m0/s1. The predicted octanol–water partition coefficient (Wildman–Crippen LogP) is 4.80. The highest BCUT2D eigenvalue weighted by atomic mass is 32.2. The second-order valence-electron chi connectivity index (χ2n) is 10.4. The van der Waals surface area contributed by atoms with Crippen molar-refractivity contribution in [3.05, 3.63) is 65.4 Å². The molecule has 0 saturated heterocycles. The number of rotatable bonds is 11. The Kier molecular flexibility index (Phi) is 9.34. The maximum Gasteiger partial charge on any atom is 0.314 e. The van der Waals surface area contributed by atoms with Gasteiger partial charge in [0.25, 0.3) is 15.9 Å². The van der Waals surface area contributed by atoms with Crippen molar-refractivity contribution in [3.8, 4) is 11.1 Å². The molecule has 3 aromatic rings. The van der Waals surface area contributed by atoms with Gasteiger partial charge in [-0.2, -0.15) is 0 Å². The van der Waals surface area contributed by atoms with E-state index in [-0.39, 0.29) is 33.0 Å². The number of nitrogens with zero attached hydrogens (tertiary/aromatic N) is 2. The van der Waals surface area contributed by atoms with Gasteiger partial charge < -0.3 is 9.84 Å². The van der Waals surface area contributed by atoms with Crippen LogP contribution in [-0.4, -0.2) is 50.0 Å². The highest BCUT2D eigenvalue weighted by molar-refractivity contribution is 7.92. The van der Waals surface area contributed by atoms with Crippen LogP contribution in [0.4, 0.5) is 5.88 Å². The molecule has 3 rings (SSSR count). The van der Waals surface area contributed by atoms with E-state index in [0.717, 1.165) is 5.56 Å². The third-order valence-corrected chi connectivity index (χ3v) is 8.52. The number of carbonyl (C=O) groups is 2. The summed E-state index contributed by atoms with van der Waals surface area (Å²) in [7, 11) is -0.551. The summed E-state index contributed by atoms with van der Waals surface area (Å²) in [5.74, 6) is -0.139. The zero-order chi connectivity index (χ0) is 29.0. The molecule has 1 unspecified atom stereocenters. The molecule has 2 N–H and O–H groups in total. The minimum atomic E-state index is -3.97. The number of anilines is 1. The summed E-state index contributed by atoms with van der Waals surface area (Å²) in [6.45, 7) is 9.66. The molecule has 2 amide bonds. The van der Waals surface area contributed by atoms with Gasteiger partial charge >= 0.3 is 5.91 Å². The van der Waals surface area contributed by atoms with E-state index >= 15 is 0 Å². The van der Waals surface area contributed by atoms with Gasteiger partial charge in [0.1, 0.15) is 6.54 Å². The molecular formula is C29H39N4O5S+. The molecule has 0 fully saturated rings. The minimum absolute atomic E-state index is 0.00401. The first kappa shape index (κ1) is 30.0. The monoisotopic (exact) mass is 555 g/mol. The van der Waals surface area contributed by atoms with Crippen LogP contribution in [0.3, 0.4) is 0 Å². The Morgan fingerprint density at radius 3 is 2.23 bits per heavy atom. The van der Waals surface area contributed by atoms with E-state index in [1.807, 2.05) is 52.1 Å². The SMILES string of the molecule is CCCC(=O)[N+](C)(Cc1ccc(-c2ccccc2S(=O)(=O)Nc2onc(C)c2C)cc1)[C@H](C(=O)NC)C(C)C. The second kappa shape index (κ2) is 12.1. The van der Waals surface area contributed by atoms with E-state index in [1.165, 1.54) is 6.07 Å². The number of likely N-dealkylation sites (N-methyl/N-ethyl adjacent to an activating group) is 2. The van der Waals surface area contributed by atoms with Crippen LogP contribution in [0.25, 0.3) is 11.1 Å². The van der Waals surface area contributed by atoms with Gasteiger partial charge in [-0.3, -0.25) is 4.79 Å². The molecule has 39 heavy (non-hydrogen) atoms. The van der Waals surface area contributed by atoms with Gasteiger partial charge in [0.2, 0.25) is 5.88 Å². The lowest BCUT2D eigenvalue weighted by molar-refractivity contribution is -0.868. The van der Waals surface area contributed by atoms with E-state index in [1.54, 1.807) is 39.1 Å². The molecule has 0 aliphatic rings. The third kappa shape index (κ3) is 6.39. The molecular weight excluding hydrogens is 516 g/mol. The van der Waals surface area contributed by atoms with E-state index < -0.39 is 16.1 Å². The number of hydrogen-bond donors (Lipinski definition) is 2. The number of benzene rings is 2. The molecule has 0 aliphatic heterocycles. The van der Waals surface area contributed by atoms with Crippen LogP contribution in [0.15, 0.2) is 57.9 Å².